The summed E-state index contributed by atoms with van der Waals surface area (Å²) in [5.41, 5.74) is 4.73. The summed E-state index contributed by atoms with van der Waals surface area (Å²) in [5, 5.41) is 1.04. The number of halogens is 6. The molecule has 0 bridgehead atoms. The summed E-state index contributed by atoms with van der Waals surface area (Å²) >= 11 is 0. The summed E-state index contributed by atoms with van der Waals surface area (Å²) in [5.74, 6) is -0.472. The Labute approximate surface area is 246 Å². The van der Waals surface area contributed by atoms with Crippen molar-refractivity contribution in [2.75, 3.05) is 26.2 Å². The van der Waals surface area contributed by atoms with Crippen LogP contribution in [0.1, 0.15) is 30.9 Å². The van der Waals surface area contributed by atoms with Crippen molar-refractivity contribution in [1.82, 2.24) is 14.4 Å². The third kappa shape index (κ3) is 8.45. The molecule has 1 aliphatic rings. The highest BCUT2D eigenvalue weighted by atomic mass is 19.4. The van der Waals surface area contributed by atoms with Crippen molar-refractivity contribution >= 4 is 10.9 Å². The summed E-state index contributed by atoms with van der Waals surface area (Å²) in [6.07, 6.45) is -5.35. The van der Waals surface area contributed by atoms with Gasteiger partial charge in [-0.05, 0) is 59.5 Å². The van der Waals surface area contributed by atoms with Crippen molar-refractivity contribution in [3.05, 3.63) is 84.1 Å². The average Bonchev–Trinajstić information content (AvgIpc) is 3.29. The number of benzene rings is 3. The smallest absolute Gasteiger partial charge is 0.406 e. The maximum Gasteiger partial charge on any atom is 0.573 e. The fraction of sp³-hybridized carbons (Fsp3) is 0.375. The molecule has 1 aromatic heterocycles. The fourth-order valence-electron chi connectivity index (χ4n) is 5.49. The van der Waals surface area contributed by atoms with Gasteiger partial charge in [0.25, 0.3) is 0 Å². The van der Waals surface area contributed by atoms with Gasteiger partial charge in [-0.25, -0.2) is 0 Å². The van der Waals surface area contributed by atoms with Crippen LogP contribution in [0.15, 0.2) is 72.9 Å². The molecule has 1 saturated heterocycles. The highest BCUT2D eigenvalue weighted by Gasteiger charge is 2.32. The first-order valence-electron chi connectivity index (χ1n) is 14.2. The molecule has 3 aromatic carbocycles. The molecule has 5 nitrogen and oxygen atoms in total. The lowest BCUT2D eigenvalue weighted by atomic mass is 10.0. The molecule has 11 heteroatoms. The van der Waals surface area contributed by atoms with Gasteiger partial charge in [0.15, 0.2) is 0 Å². The molecule has 0 saturated carbocycles. The fourth-order valence-corrected chi connectivity index (χ4v) is 5.49. The molecule has 0 aliphatic carbocycles. The molecular formula is C32H33F6N3O2. The first kappa shape index (κ1) is 30.7. The van der Waals surface area contributed by atoms with Crippen LogP contribution in [0.4, 0.5) is 26.3 Å². The van der Waals surface area contributed by atoms with Gasteiger partial charge in [-0.15, -0.1) is 26.3 Å². The Hall–Kier alpha value is -3.70. The van der Waals surface area contributed by atoms with Gasteiger partial charge in [0.1, 0.15) is 11.5 Å². The largest absolute Gasteiger partial charge is 0.573 e. The van der Waals surface area contributed by atoms with Crippen molar-refractivity contribution < 1.29 is 35.8 Å². The molecule has 0 spiro atoms. The van der Waals surface area contributed by atoms with E-state index in [0.29, 0.717) is 6.54 Å². The summed E-state index contributed by atoms with van der Waals surface area (Å²) in [4.78, 5) is 4.56. The van der Waals surface area contributed by atoms with E-state index in [-0.39, 0.29) is 11.5 Å². The summed E-state index contributed by atoms with van der Waals surface area (Å²) in [6, 6.07) is 18.4. The van der Waals surface area contributed by atoms with Crippen LogP contribution >= 0.6 is 0 Å². The molecule has 0 unspecified atom stereocenters. The van der Waals surface area contributed by atoms with Gasteiger partial charge in [-0.2, -0.15) is 0 Å². The zero-order chi connectivity index (χ0) is 30.6. The number of hydrogen-bond acceptors (Lipinski definition) is 4. The van der Waals surface area contributed by atoms with Gasteiger partial charge in [-0.3, -0.25) is 9.80 Å². The Balaban J connectivity index is 1.27. The number of rotatable bonds is 10. The van der Waals surface area contributed by atoms with Crippen molar-refractivity contribution in [2.45, 2.75) is 52.1 Å². The quantitative estimate of drug-likeness (QED) is 0.171. The van der Waals surface area contributed by atoms with E-state index in [1.807, 2.05) is 0 Å². The molecule has 4 aromatic rings. The SMILES string of the molecule is CCCCn1cc(-c2ccc(OC(F)(F)F)cc2)c2cc(CN3CCN(Cc4cccc(OC(F)(F)F)c4)CC3)ccc21. The Kier molecular flexibility index (Phi) is 9.22. The number of fused-ring (bicyclic) bond motifs is 1. The minimum absolute atomic E-state index is 0.215. The number of aromatic nitrogens is 1. The predicted octanol–water partition coefficient (Wildman–Crippen LogP) is 8.22. The van der Waals surface area contributed by atoms with E-state index in [4.69, 9.17) is 0 Å². The number of nitrogens with zero attached hydrogens (tertiary/aromatic N) is 3. The van der Waals surface area contributed by atoms with Crippen molar-refractivity contribution in [1.29, 1.82) is 0 Å². The molecule has 43 heavy (non-hydrogen) atoms. The normalized spacial score (nSPS) is 15.2. The van der Waals surface area contributed by atoms with Crippen LogP contribution in [0.3, 0.4) is 0 Å². The number of hydrogen-bond donors (Lipinski definition) is 0. The molecular weight excluding hydrogens is 572 g/mol. The first-order valence-corrected chi connectivity index (χ1v) is 14.2. The standard InChI is InChI=1S/C32H33F6N3O2/c1-2-3-13-41-22-29(25-8-10-26(11-9-25)42-31(33,34)35)28-19-24(7-12-30(28)41)21-40-16-14-39(15-17-40)20-23-5-4-6-27(18-23)43-32(36,37)38/h4-12,18-19,22H,2-3,13-17,20-21H2,1H3. The van der Waals surface area contributed by atoms with E-state index in [9.17, 15) is 26.3 Å². The molecule has 1 aliphatic heterocycles. The van der Waals surface area contributed by atoms with Gasteiger partial charge < -0.3 is 14.0 Å². The molecule has 2 heterocycles. The Morgan fingerprint density at radius 3 is 1.91 bits per heavy atom. The van der Waals surface area contributed by atoms with Crippen LogP contribution in [0.2, 0.25) is 0 Å². The van der Waals surface area contributed by atoms with Gasteiger partial charge >= 0.3 is 12.7 Å². The number of alkyl halides is 6. The molecule has 0 atom stereocenters. The number of aryl methyl sites for hydroxylation is 1. The highest BCUT2D eigenvalue weighted by molar-refractivity contribution is 5.96. The lowest BCUT2D eigenvalue weighted by Crippen LogP contribution is -2.45. The Bertz CT molecular complexity index is 1510. The third-order valence-corrected chi connectivity index (χ3v) is 7.51. The topological polar surface area (TPSA) is 29.9 Å². The van der Waals surface area contributed by atoms with Crippen molar-refractivity contribution in [2.24, 2.45) is 0 Å². The number of piperazine rings is 1. The number of ether oxygens (including phenoxy) is 2. The van der Waals surface area contributed by atoms with E-state index in [1.54, 1.807) is 24.3 Å². The van der Waals surface area contributed by atoms with E-state index in [2.05, 4.69) is 55.2 Å². The molecule has 1 fully saturated rings. The maximum atomic E-state index is 12.6. The van der Waals surface area contributed by atoms with Gasteiger partial charge in [0.05, 0.1) is 0 Å². The average molecular weight is 606 g/mol. The van der Waals surface area contributed by atoms with Crippen LogP contribution in [0.25, 0.3) is 22.0 Å². The van der Waals surface area contributed by atoms with Gasteiger partial charge in [0.2, 0.25) is 0 Å². The van der Waals surface area contributed by atoms with E-state index in [1.165, 1.54) is 24.3 Å². The van der Waals surface area contributed by atoms with Crippen LogP contribution in [0, 0.1) is 0 Å². The van der Waals surface area contributed by atoms with Crippen molar-refractivity contribution in [3.63, 3.8) is 0 Å². The molecule has 5 rings (SSSR count). The second kappa shape index (κ2) is 12.9. The molecule has 0 amide bonds. The van der Waals surface area contributed by atoms with Crippen LogP contribution in [-0.4, -0.2) is 53.3 Å². The summed E-state index contributed by atoms with van der Waals surface area (Å²) in [6.45, 7) is 7.41. The lowest BCUT2D eigenvalue weighted by molar-refractivity contribution is -0.275. The predicted molar refractivity (Wildman–Crippen MR) is 153 cm³/mol. The molecule has 230 valence electrons. The second-order valence-electron chi connectivity index (χ2n) is 10.8. The molecule has 0 radical (unpaired) electrons. The highest BCUT2D eigenvalue weighted by Crippen LogP contribution is 2.34. The maximum absolute atomic E-state index is 12.6. The van der Waals surface area contributed by atoms with Crippen LogP contribution < -0.4 is 9.47 Å². The molecule has 0 N–H and O–H groups in total. The third-order valence-electron chi connectivity index (χ3n) is 7.51. The second-order valence-corrected chi connectivity index (χ2v) is 10.8. The zero-order valence-corrected chi connectivity index (χ0v) is 23.7. The summed E-state index contributed by atoms with van der Waals surface area (Å²) in [7, 11) is 0. The van der Waals surface area contributed by atoms with Crippen LogP contribution in [-0.2, 0) is 19.6 Å². The Morgan fingerprint density at radius 1 is 0.698 bits per heavy atom. The van der Waals surface area contributed by atoms with Gasteiger partial charge in [0, 0.05) is 68.5 Å². The summed E-state index contributed by atoms with van der Waals surface area (Å²) < 4.78 is 86.0. The van der Waals surface area contributed by atoms with Crippen LogP contribution in [0.5, 0.6) is 11.5 Å². The van der Waals surface area contributed by atoms with E-state index >= 15 is 0 Å². The zero-order valence-electron chi connectivity index (χ0n) is 23.7. The van der Waals surface area contributed by atoms with Gasteiger partial charge in [-0.1, -0.05) is 43.7 Å². The monoisotopic (exact) mass is 605 g/mol. The number of unbranched alkanes of at least 4 members (excludes halogenated alkanes) is 1. The van der Waals surface area contributed by atoms with E-state index < -0.39 is 12.7 Å². The lowest BCUT2D eigenvalue weighted by Gasteiger charge is -2.34. The minimum Gasteiger partial charge on any atom is -0.406 e. The first-order chi connectivity index (χ1) is 20.5. The Morgan fingerprint density at radius 2 is 1.30 bits per heavy atom. The minimum atomic E-state index is -4.74. The van der Waals surface area contributed by atoms with E-state index in [0.717, 1.165) is 85.3 Å². The van der Waals surface area contributed by atoms with Crippen molar-refractivity contribution in [3.8, 4) is 22.6 Å².